The molecule has 0 aromatic heterocycles. The van der Waals surface area contributed by atoms with Gasteiger partial charge in [0.15, 0.2) is 6.29 Å². The molecule has 0 aliphatic carbocycles. The molecule has 3 unspecified atom stereocenters. The smallest absolute Gasteiger partial charge is 0.151 e. The highest BCUT2D eigenvalue weighted by Gasteiger charge is 2.18. The number of carbonyl (C=O) groups is 1. The van der Waals surface area contributed by atoms with Gasteiger partial charge in [0.05, 0.1) is 12.2 Å². The van der Waals surface area contributed by atoms with Crippen LogP contribution in [0.3, 0.4) is 0 Å². The van der Waals surface area contributed by atoms with E-state index in [9.17, 15) is 4.79 Å². The molecule has 12 heavy (non-hydrogen) atoms. The van der Waals surface area contributed by atoms with Crippen molar-refractivity contribution in [2.24, 2.45) is 0 Å². The van der Waals surface area contributed by atoms with E-state index in [-0.39, 0.29) is 25.7 Å². The molecule has 0 radical (unpaired) electrons. The van der Waals surface area contributed by atoms with Crippen molar-refractivity contribution < 1.29 is 25.2 Å². The van der Waals surface area contributed by atoms with Crippen LogP contribution in [0.25, 0.3) is 0 Å². The zero-order valence-corrected chi connectivity index (χ0v) is 6.63. The highest BCUT2D eigenvalue weighted by atomic mass is 16.3. The lowest BCUT2D eigenvalue weighted by atomic mass is 10.1. The number of hydrogen-bond donors (Lipinski definition) is 4. The van der Waals surface area contributed by atoms with Gasteiger partial charge in [-0.05, 0) is 6.42 Å². The number of rotatable bonds is 6. The molecule has 4 N–H and O–H groups in total. The number of hydrogen-bond acceptors (Lipinski definition) is 5. The topological polar surface area (TPSA) is 98.0 Å². The minimum atomic E-state index is -1.46. The van der Waals surface area contributed by atoms with Crippen LogP contribution in [-0.2, 0) is 4.79 Å². The van der Waals surface area contributed by atoms with E-state index in [2.05, 4.69) is 0 Å². The third-order valence-electron chi connectivity index (χ3n) is 1.51. The van der Waals surface area contributed by atoms with Gasteiger partial charge in [-0.2, -0.15) is 0 Å². The fourth-order valence-corrected chi connectivity index (χ4v) is 0.776. The Morgan fingerprint density at radius 1 is 1.25 bits per heavy atom. The van der Waals surface area contributed by atoms with Crippen LogP contribution in [0.1, 0.15) is 12.8 Å². The lowest BCUT2D eigenvalue weighted by Crippen LogP contribution is -2.31. The van der Waals surface area contributed by atoms with Gasteiger partial charge in [0.1, 0.15) is 6.10 Å². The molecule has 0 aliphatic heterocycles. The van der Waals surface area contributed by atoms with Crippen molar-refractivity contribution in [3.05, 3.63) is 0 Å². The second kappa shape index (κ2) is 6.07. The van der Waals surface area contributed by atoms with Gasteiger partial charge in [0.25, 0.3) is 0 Å². The average Bonchev–Trinajstić information content (AvgIpc) is 2.03. The molecule has 0 heterocycles. The molecule has 0 aromatic rings. The van der Waals surface area contributed by atoms with Gasteiger partial charge < -0.3 is 25.2 Å². The Kier molecular flexibility index (Phi) is 5.83. The minimum absolute atomic E-state index is 0.111. The predicted octanol–water partition coefficient (Wildman–Crippen LogP) is -1.96. The average molecular weight is 178 g/mol. The maximum atomic E-state index is 9.94. The summed E-state index contributed by atoms with van der Waals surface area (Å²) in [7, 11) is 0. The molecule has 5 heteroatoms. The van der Waals surface area contributed by atoms with Crippen molar-refractivity contribution >= 4 is 6.29 Å². The predicted molar refractivity (Wildman–Crippen MR) is 40.4 cm³/mol. The lowest BCUT2D eigenvalue weighted by molar-refractivity contribution is -0.121. The molecule has 72 valence electrons. The fourth-order valence-electron chi connectivity index (χ4n) is 0.776. The molecule has 5 nitrogen and oxygen atoms in total. The van der Waals surface area contributed by atoms with Crippen LogP contribution < -0.4 is 0 Å². The van der Waals surface area contributed by atoms with E-state index in [0.29, 0.717) is 0 Å². The molecule has 3 atom stereocenters. The van der Waals surface area contributed by atoms with E-state index < -0.39 is 18.3 Å². The fraction of sp³-hybridized carbons (Fsp3) is 0.857. The van der Waals surface area contributed by atoms with E-state index in [0.717, 1.165) is 0 Å². The van der Waals surface area contributed by atoms with Crippen molar-refractivity contribution in [1.29, 1.82) is 0 Å². The zero-order chi connectivity index (χ0) is 9.56. The third kappa shape index (κ3) is 4.40. The van der Waals surface area contributed by atoms with Crippen LogP contribution >= 0.6 is 0 Å². The first-order valence-corrected chi connectivity index (χ1v) is 3.72. The lowest BCUT2D eigenvalue weighted by Gasteiger charge is -2.15. The van der Waals surface area contributed by atoms with Gasteiger partial charge in [-0.25, -0.2) is 0 Å². The number of carbonyl (C=O) groups excluding carboxylic acids is 1. The van der Waals surface area contributed by atoms with E-state index >= 15 is 0 Å². The summed E-state index contributed by atoms with van der Waals surface area (Å²) in [6.07, 6.45) is -3.39. The monoisotopic (exact) mass is 178 g/mol. The van der Waals surface area contributed by atoms with E-state index in [1.54, 1.807) is 0 Å². The van der Waals surface area contributed by atoms with Crippen LogP contribution in [0.4, 0.5) is 0 Å². The molecule has 0 spiro atoms. The molecule has 0 aromatic carbocycles. The first kappa shape index (κ1) is 11.5. The molecule has 0 amide bonds. The Morgan fingerprint density at radius 2 is 1.83 bits per heavy atom. The minimum Gasteiger partial charge on any atom is -0.396 e. The normalized spacial score (nSPS) is 18.3. The van der Waals surface area contributed by atoms with Gasteiger partial charge in [0, 0.05) is 13.0 Å². The van der Waals surface area contributed by atoms with Crippen LogP contribution in [0, 0.1) is 0 Å². The second-order valence-corrected chi connectivity index (χ2v) is 2.60. The Labute approximate surface area is 70.3 Å². The SMILES string of the molecule is O=CC(O)C(O)CC(O)CCO. The van der Waals surface area contributed by atoms with Crippen molar-refractivity contribution in [1.82, 2.24) is 0 Å². The molecule has 0 fully saturated rings. The summed E-state index contributed by atoms with van der Waals surface area (Å²) >= 11 is 0. The number of aliphatic hydroxyl groups is 4. The Morgan fingerprint density at radius 3 is 2.25 bits per heavy atom. The van der Waals surface area contributed by atoms with Crippen molar-refractivity contribution in [2.75, 3.05) is 6.61 Å². The van der Waals surface area contributed by atoms with Gasteiger partial charge in [0.2, 0.25) is 0 Å². The number of aldehydes is 1. The zero-order valence-electron chi connectivity index (χ0n) is 6.63. The van der Waals surface area contributed by atoms with E-state index in [1.807, 2.05) is 0 Å². The summed E-state index contributed by atoms with van der Waals surface area (Å²) in [6, 6.07) is 0. The van der Waals surface area contributed by atoms with Crippen LogP contribution in [-0.4, -0.2) is 51.6 Å². The Bertz CT molecular complexity index is 127. The third-order valence-corrected chi connectivity index (χ3v) is 1.51. The van der Waals surface area contributed by atoms with Crippen molar-refractivity contribution in [3.63, 3.8) is 0 Å². The molecule has 0 aliphatic rings. The molecule has 0 saturated heterocycles. The van der Waals surface area contributed by atoms with Gasteiger partial charge in [-0.1, -0.05) is 0 Å². The summed E-state index contributed by atoms with van der Waals surface area (Å²) < 4.78 is 0. The maximum absolute atomic E-state index is 9.94. The van der Waals surface area contributed by atoms with Crippen LogP contribution in [0.5, 0.6) is 0 Å². The molecule has 0 saturated carbocycles. The Balaban J connectivity index is 3.66. The summed E-state index contributed by atoms with van der Waals surface area (Å²) in [5, 5.41) is 35.1. The molecular weight excluding hydrogens is 164 g/mol. The van der Waals surface area contributed by atoms with Crippen LogP contribution in [0.2, 0.25) is 0 Å². The van der Waals surface area contributed by atoms with Gasteiger partial charge >= 0.3 is 0 Å². The van der Waals surface area contributed by atoms with E-state index in [4.69, 9.17) is 20.4 Å². The molecular formula is C7H14O5. The summed E-state index contributed by atoms with van der Waals surface area (Å²) in [4.78, 5) is 9.94. The summed E-state index contributed by atoms with van der Waals surface area (Å²) in [5.74, 6) is 0. The highest BCUT2D eigenvalue weighted by molar-refractivity contribution is 5.56. The Hall–Kier alpha value is -0.490. The molecule has 0 rings (SSSR count). The first-order valence-electron chi connectivity index (χ1n) is 3.72. The maximum Gasteiger partial charge on any atom is 0.151 e. The summed E-state index contributed by atoms with van der Waals surface area (Å²) in [6.45, 7) is -0.189. The van der Waals surface area contributed by atoms with Gasteiger partial charge in [-0.3, -0.25) is 0 Å². The largest absolute Gasteiger partial charge is 0.396 e. The van der Waals surface area contributed by atoms with Crippen molar-refractivity contribution in [3.8, 4) is 0 Å². The molecule has 0 bridgehead atoms. The summed E-state index contributed by atoms with van der Waals surface area (Å²) in [5.41, 5.74) is 0. The quantitative estimate of drug-likeness (QED) is 0.354. The first-order chi connectivity index (χ1) is 5.61. The van der Waals surface area contributed by atoms with E-state index in [1.165, 1.54) is 0 Å². The highest BCUT2D eigenvalue weighted by Crippen LogP contribution is 2.04. The van der Waals surface area contributed by atoms with Crippen LogP contribution in [0.15, 0.2) is 0 Å². The second-order valence-electron chi connectivity index (χ2n) is 2.60. The van der Waals surface area contributed by atoms with Crippen molar-refractivity contribution in [2.45, 2.75) is 31.2 Å². The van der Waals surface area contributed by atoms with Gasteiger partial charge in [-0.15, -0.1) is 0 Å². The number of aliphatic hydroxyl groups excluding tert-OH is 4. The standard InChI is InChI=1S/C7H14O5/c8-2-1-5(10)3-6(11)7(12)4-9/h4-8,10-12H,1-3H2.